The molecule has 0 saturated heterocycles. The number of carbonyl (C=O) groups excluding carboxylic acids is 2. The molecule has 2 heterocycles. The molecule has 0 saturated carbocycles. The summed E-state index contributed by atoms with van der Waals surface area (Å²) in [5.74, 6) is -0.897. The largest absolute Gasteiger partial charge is 0.452 e. The molecule has 35 heavy (non-hydrogen) atoms. The number of rotatable bonds is 9. The van der Waals surface area contributed by atoms with Crippen LogP contribution in [0.5, 0.6) is 0 Å². The molecule has 0 bridgehead atoms. The van der Waals surface area contributed by atoms with Crippen LogP contribution in [0.2, 0.25) is 0 Å². The van der Waals surface area contributed by atoms with Gasteiger partial charge in [0.05, 0.1) is 12.2 Å². The number of para-hydroxylation sites is 1. The van der Waals surface area contributed by atoms with Gasteiger partial charge >= 0.3 is 5.97 Å². The van der Waals surface area contributed by atoms with Gasteiger partial charge in [0.15, 0.2) is 6.61 Å². The molecule has 2 aromatic heterocycles. The molecule has 2 aromatic carbocycles. The number of aryl methyl sites for hydroxylation is 2. The second-order valence-corrected chi connectivity index (χ2v) is 8.63. The van der Waals surface area contributed by atoms with E-state index in [1.807, 2.05) is 49.0 Å². The minimum Gasteiger partial charge on any atom is -0.452 e. The SMILES string of the molecule is Cc1ccc(Cn2nc(C)c(C=CC(=O)OCC(=O)NCCc3c[nH]c4ccccc34)c2C)cc1. The van der Waals surface area contributed by atoms with Gasteiger partial charge in [-0.05, 0) is 50.5 Å². The fraction of sp³-hybridized carbons (Fsp3) is 0.250. The van der Waals surface area contributed by atoms with Gasteiger partial charge in [-0.2, -0.15) is 5.10 Å². The Hall–Kier alpha value is -4.13. The minimum absolute atomic E-state index is 0.318. The van der Waals surface area contributed by atoms with E-state index in [4.69, 9.17) is 4.74 Å². The van der Waals surface area contributed by atoms with Crippen molar-refractivity contribution in [2.45, 2.75) is 33.7 Å². The van der Waals surface area contributed by atoms with Crippen molar-refractivity contribution in [3.8, 4) is 0 Å². The summed E-state index contributed by atoms with van der Waals surface area (Å²) in [6, 6.07) is 16.4. The Bertz CT molecular complexity index is 1360. The van der Waals surface area contributed by atoms with Gasteiger partial charge in [0.2, 0.25) is 0 Å². The third kappa shape index (κ3) is 6.06. The number of H-pyrrole nitrogens is 1. The number of amides is 1. The van der Waals surface area contributed by atoms with Crippen LogP contribution in [0.1, 0.15) is 33.6 Å². The Kier molecular flexibility index (Phi) is 7.45. The topological polar surface area (TPSA) is 89.0 Å². The van der Waals surface area contributed by atoms with E-state index in [2.05, 4.69) is 46.6 Å². The molecule has 180 valence electrons. The average Bonchev–Trinajstić information content (AvgIpc) is 3.38. The normalized spacial score (nSPS) is 11.3. The summed E-state index contributed by atoms with van der Waals surface area (Å²) in [7, 11) is 0. The van der Waals surface area contributed by atoms with Gasteiger partial charge in [0.1, 0.15) is 0 Å². The number of benzene rings is 2. The van der Waals surface area contributed by atoms with E-state index in [0.717, 1.165) is 39.0 Å². The van der Waals surface area contributed by atoms with Gasteiger partial charge in [0.25, 0.3) is 5.91 Å². The van der Waals surface area contributed by atoms with E-state index in [9.17, 15) is 9.59 Å². The highest BCUT2D eigenvalue weighted by Gasteiger charge is 2.11. The molecule has 4 aromatic rings. The predicted octanol–water partition coefficient (Wildman–Crippen LogP) is 4.25. The number of hydrogen-bond donors (Lipinski definition) is 2. The zero-order chi connectivity index (χ0) is 24.8. The van der Waals surface area contributed by atoms with Crippen LogP contribution in [0.3, 0.4) is 0 Å². The average molecular weight is 471 g/mol. The number of aromatic amines is 1. The van der Waals surface area contributed by atoms with Crippen molar-refractivity contribution in [3.05, 3.63) is 94.4 Å². The number of carbonyl (C=O) groups is 2. The van der Waals surface area contributed by atoms with E-state index < -0.39 is 5.97 Å². The zero-order valence-electron chi connectivity index (χ0n) is 20.3. The molecule has 4 rings (SSSR count). The molecule has 7 heteroatoms. The van der Waals surface area contributed by atoms with Crippen LogP contribution in [0.25, 0.3) is 17.0 Å². The fourth-order valence-electron chi connectivity index (χ4n) is 4.03. The summed E-state index contributed by atoms with van der Waals surface area (Å²) in [5, 5.41) is 8.54. The van der Waals surface area contributed by atoms with Crippen molar-refractivity contribution >= 4 is 28.9 Å². The van der Waals surface area contributed by atoms with Crippen LogP contribution >= 0.6 is 0 Å². The van der Waals surface area contributed by atoms with Crippen molar-refractivity contribution in [3.63, 3.8) is 0 Å². The molecular formula is C28H30N4O3. The number of esters is 1. The second kappa shape index (κ2) is 10.9. The van der Waals surface area contributed by atoms with Gasteiger partial charge < -0.3 is 15.0 Å². The Morgan fingerprint density at radius 1 is 1.09 bits per heavy atom. The third-order valence-electron chi connectivity index (χ3n) is 6.01. The molecule has 0 unspecified atom stereocenters. The molecule has 0 atom stereocenters. The maximum atomic E-state index is 12.2. The molecule has 0 aliphatic heterocycles. The lowest BCUT2D eigenvalue weighted by atomic mass is 10.1. The standard InChI is InChI=1S/C28H30N4O3/c1-19-8-10-22(11-9-19)17-32-21(3)24(20(2)31-32)12-13-28(34)35-18-27(33)29-15-14-23-16-30-26-7-5-4-6-25(23)26/h4-13,16,30H,14-15,17-18H2,1-3H3,(H,29,33). The lowest BCUT2D eigenvalue weighted by Gasteiger charge is -2.06. The highest BCUT2D eigenvalue weighted by atomic mass is 16.5. The first-order chi connectivity index (χ1) is 16.9. The van der Waals surface area contributed by atoms with Gasteiger partial charge in [0, 0.05) is 41.0 Å². The monoisotopic (exact) mass is 470 g/mol. The third-order valence-corrected chi connectivity index (χ3v) is 6.01. The molecular weight excluding hydrogens is 440 g/mol. The molecule has 0 fully saturated rings. The Balaban J connectivity index is 1.24. The van der Waals surface area contributed by atoms with Crippen molar-refractivity contribution in [2.24, 2.45) is 0 Å². The van der Waals surface area contributed by atoms with E-state index >= 15 is 0 Å². The Morgan fingerprint density at radius 3 is 2.66 bits per heavy atom. The zero-order valence-corrected chi connectivity index (χ0v) is 20.3. The molecule has 0 spiro atoms. The second-order valence-electron chi connectivity index (χ2n) is 8.63. The first kappa shape index (κ1) is 24.0. The maximum Gasteiger partial charge on any atom is 0.331 e. The summed E-state index contributed by atoms with van der Waals surface area (Å²) in [6.45, 7) is 6.74. The summed E-state index contributed by atoms with van der Waals surface area (Å²) >= 11 is 0. The molecule has 0 aliphatic carbocycles. The molecule has 7 nitrogen and oxygen atoms in total. The van der Waals surface area contributed by atoms with Gasteiger partial charge in [-0.1, -0.05) is 48.0 Å². The molecule has 0 aliphatic rings. The lowest BCUT2D eigenvalue weighted by molar-refractivity contribution is -0.143. The number of aromatic nitrogens is 3. The van der Waals surface area contributed by atoms with Gasteiger partial charge in [-0.15, -0.1) is 0 Å². The van der Waals surface area contributed by atoms with Crippen LogP contribution in [-0.2, 0) is 27.3 Å². The van der Waals surface area contributed by atoms with Crippen molar-refractivity contribution < 1.29 is 14.3 Å². The van der Waals surface area contributed by atoms with E-state index in [0.29, 0.717) is 19.5 Å². The number of ether oxygens (including phenoxy) is 1. The fourth-order valence-corrected chi connectivity index (χ4v) is 4.03. The van der Waals surface area contributed by atoms with Crippen molar-refractivity contribution in [1.82, 2.24) is 20.1 Å². The summed E-state index contributed by atoms with van der Waals surface area (Å²) < 4.78 is 7.03. The first-order valence-corrected chi connectivity index (χ1v) is 11.7. The number of nitrogens with zero attached hydrogens (tertiary/aromatic N) is 2. The Labute approximate surface area is 204 Å². The van der Waals surface area contributed by atoms with Crippen LogP contribution in [0, 0.1) is 20.8 Å². The summed E-state index contributed by atoms with van der Waals surface area (Å²) in [5.41, 5.74) is 7.24. The van der Waals surface area contributed by atoms with Crippen LogP contribution < -0.4 is 5.32 Å². The smallest absolute Gasteiger partial charge is 0.331 e. The van der Waals surface area contributed by atoms with Gasteiger partial charge in [-0.3, -0.25) is 9.48 Å². The molecule has 0 radical (unpaired) electrons. The molecule has 2 N–H and O–H groups in total. The van der Waals surface area contributed by atoms with Crippen LogP contribution in [0.4, 0.5) is 0 Å². The minimum atomic E-state index is -0.568. The van der Waals surface area contributed by atoms with Crippen LogP contribution in [0.15, 0.2) is 60.8 Å². The highest BCUT2D eigenvalue weighted by Crippen LogP contribution is 2.18. The first-order valence-electron chi connectivity index (χ1n) is 11.7. The van der Waals surface area contributed by atoms with Gasteiger partial charge in [-0.25, -0.2) is 4.79 Å². The predicted molar refractivity (Wildman–Crippen MR) is 137 cm³/mol. The number of hydrogen-bond acceptors (Lipinski definition) is 4. The lowest BCUT2D eigenvalue weighted by Crippen LogP contribution is -2.30. The molecule has 1 amide bonds. The van der Waals surface area contributed by atoms with Crippen molar-refractivity contribution in [2.75, 3.05) is 13.2 Å². The number of nitrogens with one attached hydrogen (secondary N) is 2. The van der Waals surface area contributed by atoms with E-state index in [1.54, 1.807) is 6.08 Å². The maximum absolute atomic E-state index is 12.2. The number of fused-ring (bicyclic) bond motifs is 1. The van der Waals surface area contributed by atoms with Crippen molar-refractivity contribution in [1.29, 1.82) is 0 Å². The highest BCUT2D eigenvalue weighted by molar-refractivity contribution is 5.89. The Morgan fingerprint density at radius 2 is 1.86 bits per heavy atom. The quantitative estimate of drug-likeness (QED) is 0.283. The summed E-state index contributed by atoms with van der Waals surface area (Å²) in [4.78, 5) is 27.5. The van der Waals surface area contributed by atoms with E-state index in [1.165, 1.54) is 11.6 Å². The summed E-state index contributed by atoms with van der Waals surface area (Å²) in [6.07, 6.45) is 5.68. The van der Waals surface area contributed by atoms with Crippen LogP contribution in [-0.4, -0.2) is 39.8 Å². The van der Waals surface area contributed by atoms with E-state index in [-0.39, 0.29) is 12.5 Å².